The molecule has 0 aliphatic heterocycles. The molecule has 0 aromatic heterocycles. The fourth-order valence-corrected chi connectivity index (χ4v) is 1.29. The van der Waals surface area contributed by atoms with Crippen LogP contribution in [0, 0.1) is 0 Å². The first kappa shape index (κ1) is 12.1. The maximum absolute atomic E-state index is 5.04. The van der Waals surface area contributed by atoms with Crippen molar-refractivity contribution in [3.05, 3.63) is 22.7 Å². The first-order valence-electron chi connectivity index (χ1n) is 3.15. The molecule has 4 heteroatoms. The van der Waals surface area contributed by atoms with Gasteiger partial charge in [-0.1, -0.05) is 0 Å². The van der Waals surface area contributed by atoms with E-state index in [0.29, 0.717) is 0 Å². The van der Waals surface area contributed by atoms with Gasteiger partial charge in [-0.25, -0.2) is 0 Å². The molecule has 0 amide bonds. The zero-order valence-corrected chi connectivity index (χ0v) is 10.1. The Morgan fingerprint density at radius 2 is 1.92 bits per heavy atom. The summed E-state index contributed by atoms with van der Waals surface area (Å²) in [6, 6.07) is 5.56. The van der Waals surface area contributed by atoms with Crippen LogP contribution in [0.5, 0.6) is 11.5 Å². The van der Waals surface area contributed by atoms with Gasteiger partial charge in [0.1, 0.15) is 11.5 Å². The minimum atomic E-state index is 0. The summed E-state index contributed by atoms with van der Waals surface area (Å²) in [5.41, 5.74) is 0. The van der Waals surface area contributed by atoms with E-state index in [1.807, 2.05) is 18.2 Å². The number of rotatable bonds is 2. The van der Waals surface area contributed by atoms with Crippen LogP contribution in [0.1, 0.15) is 2.85 Å². The number of benzene rings is 1. The van der Waals surface area contributed by atoms with E-state index in [1.54, 1.807) is 14.2 Å². The Balaban J connectivity index is -0.000000403. The summed E-state index contributed by atoms with van der Waals surface area (Å²) in [6.07, 6.45) is 0. The van der Waals surface area contributed by atoms with Crippen LogP contribution < -0.4 is 9.47 Å². The van der Waals surface area contributed by atoms with Gasteiger partial charge in [-0.2, -0.15) is 0 Å². The van der Waals surface area contributed by atoms with E-state index in [2.05, 4.69) is 15.9 Å². The maximum atomic E-state index is 5.04. The average Bonchev–Trinajstić information content (AvgIpc) is 2.04. The number of hydrogen-bond acceptors (Lipinski definition) is 2. The molecule has 0 spiro atoms. The van der Waals surface area contributed by atoms with Crippen molar-refractivity contribution in [2.24, 2.45) is 0 Å². The summed E-state index contributed by atoms with van der Waals surface area (Å²) in [5.74, 6) is 1.63. The Kier molecular flexibility index (Phi) is 5.70. The number of halogens is 1. The summed E-state index contributed by atoms with van der Waals surface area (Å²) in [7, 11) is 3.26. The fraction of sp³-hybridized carbons (Fsp3) is 0.250. The van der Waals surface area contributed by atoms with Crippen molar-refractivity contribution < 1.29 is 12.3 Å². The normalized spacial score (nSPS) is 8.58. The molecular weight excluding hydrogens is 232 g/mol. The van der Waals surface area contributed by atoms with Crippen molar-refractivity contribution in [3.63, 3.8) is 0 Å². The molecule has 0 aliphatic carbocycles. The second-order valence-electron chi connectivity index (χ2n) is 2.00. The molecule has 1 aromatic carbocycles. The molecule has 1 rings (SSSR count). The van der Waals surface area contributed by atoms with Crippen LogP contribution in [-0.4, -0.2) is 37.3 Å². The van der Waals surface area contributed by atoms with E-state index < -0.39 is 0 Å². The van der Waals surface area contributed by atoms with E-state index in [9.17, 15) is 0 Å². The number of ether oxygens (including phenoxy) is 2. The second-order valence-corrected chi connectivity index (χ2v) is 2.85. The standard InChI is InChI=1S/C8H9BrO2.Mg.2H/c1-10-6-3-4-8(11-2)7(9)5-6;;;/h3-5H,1-2H3;;;/q;+2;2*-1. The first-order valence-corrected chi connectivity index (χ1v) is 3.94. The molecule has 0 fully saturated rings. The Morgan fingerprint density at radius 3 is 2.33 bits per heavy atom. The summed E-state index contributed by atoms with van der Waals surface area (Å²) < 4.78 is 11.0. The monoisotopic (exact) mass is 242 g/mol. The molecule has 1 aromatic rings. The van der Waals surface area contributed by atoms with E-state index in [0.717, 1.165) is 16.0 Å². The van der Waals surface area contributed by atoms with Crippen molar-refractivity contribution in [3.8, 4) is 11.5 Å². The Morgan fingerprint density at radius 1 is 1.25 bits per heavy atom. The summed E-state index contributed by atoms with van der Waals surface area (Å²) in [4.78, 5) is 0. The van der Waals surface area contributed by atoms with Gasteiger partial charge < -0.3 is 12.3 Å². The molecule has 0 radical (unpaired) electrons. The fourth-order valence-electron chi connectivity index (χ4n) is 0.774. The van der Waals surface area contributed by atoms with Gasteiger partial charge in [0.05, 0.1) is 18.7 Å². The average molecular weight is 243 g/mol. The molecule has 0 heterocycles. The van der Waals surface area contributed by atoms with Gasteiger partial charge in [-0.3, -0.25) is 0 Å². The van der Waals surface area contributed by atoms with Gasteiger partial charge in [0.25, 0.3) is 0 Å². The van der Waals surface area contributed by atoms with Crippen molar-refractivity contribution in [2.45, 2.75) is 0 Å². The molecule has 0 N–H and O–H groups in total. The molecule has 2 nitrogen and oxygen atoms in total. The van der Waals surface area contributed by atoms with Crippen molar-refractivity contribution >= 4 is 39.0 Å². The molecule has 0 unspecified atom stereocenters. The zero-order valence-electron chi connectivity index (χ0n) is 9.13. The van der Waals surface area contributed by atoms with Gasteiger partial charge in [0, 0.05) is 0 Å². The van der Waals surface area contributed by atoms with Crippen LogP contribution in [0.25, 0.3) is 0 Å². The zero-order chi connectivity index (χ0) is 8.27. The maximum Gasteiger partial charge on any atom is 2.00 e. The van der Waals surface area contributed by atoms with Crippen LogP contribution in [0.2, 0.25) is 0 Å². The molecule has 64 valence electrons. The topological polar surface area (TPSA) is 18.5 Å². The van der Waals surface area contributed by atoms with Gasteiger partial charge >= 0.3 is 23.1 Å². The quantitative estimate of drug-likeness (QED) is 0.742. The molecule has 0 aliphatic rings. The molecule has 0 saturated carbocycles. The van der Waals surface area contributed by atoms with Gasteiger partial charge in [-0.05, 0) is 34.1 Å². The Labute approximate surface area is 99.5 Å². The van der Waals surface area contributed by atoms with Crippen LogP contribution >= 0.6 is 15.9 Å². The second kappa shape index (κ2) is 5.67. The van der Waals surface area contributed by atoms with E-state index in [-0.39, 0.29) is 25.9 Å². The Bertz CT molecular complexity index is 261. The van der Waals surface area contributed by atoms with Crippen LogP contribution in [-0.2, 0) is 0 Å². The van der Waals surface area contributed by atoms with Crippen LogP contribution in [0.3, 0.4) is 0 Å². The van der Waals surface area contributed by atoms with Gasteiger partial charge in [-0.15, -0.1) is 0 Å². The van der Waals surface area contributed by atoms with Crippen LogP contribution in [0.15, 0.2) is 22.7 Å². The molecular formula is C8H11BrMgO2. The third-order valence-corrected chi connectivity index (χ3v) is 1.98. The minimum Gasteiger partial charge on any atom is -1.00 e. The number of hydrogen-bond donors (Lipinski definition) is 0. The van der Waals surface area contributed by atoms with Crippen LogP contribution in [0.4, 0.5) is 0 Å². The first-order chi connectivity index (χ1) is 5.27. The largest absolute Gasteiger partial charge is 2.00 e. The summed E-state index contributed by atoms with van der Waals surface area (Å²) in [5, 5.41) is 0. The minimum absolute atomic E-state index is 0. The smallest absolute Gasteiger partial charge is 1.00 e. The summed E-state index contributed by atoms with van der Waals surface area (Å²) >= 11 is 3.34. The molecule has 0 saturated heterocycles. The van der Waals surface area contributed by atoms with Crippen molar-refractivity contribution in [1.82, 2.24) is 0 Å². The van der Waals surface area contributed by atoms with Gasteiger partial charge in [0.15, 0.2) is 0 Å². The van der Waals surface area contributed by atoms with E-state index in [1.165, 1.54) is 0 Å². The van der Waals surface area contributed by atoms with E-state index >= 15 is 0 Å². The predicted octanol–water partition coefficient (Wildman–Crippen LogP) is 2.31. The van der Waals surface area contributed by atoms with E-state index in [4.69, 9.17) is 9.47 Å². The molecule has 0 atom stereocenters. The molecule has 12 heavy (non-hydrogen) atoms. The molecule has 0 bridgehead atoms. The van der Waals surface area contributed by atoms with Gasteiger partial charge in [0.2, 0.25) is 0 Å². The SMILES string of the molecule is COc1ccc(OC)c(Br)c1.[H-].[H-].[Mg+2]. The van der Waals surface area contributed by atoms with Crippen molar-refractivity contribution in [1.29, 1.82) is 0 Å². The number of methoxy groups -OCH3 is 2. The van der Waals surface area contributed by atoms with Crippen molar-refractivity contribution in [2.75, 3.05) is 14.2 Å². The third kappa shape index (κ3) is 2.84. The summed E-state index contributed by atoms with van der Waals surface area (Å²) in [6.45, 7) is 0. The Hall–Kier alpha value is 0.0662. The third-order valence-electron chi connectivity index (χ3n) is 1.36. The predicted molar refractivity (Wildman–Crippen MR) is 55.2 cm³/mol.